The van der Waals surface area contributed by atoms with Gasteiger partial charge in [0.15, 0.2) is 0 Å². The third kappa shape index (κ3) is 2.32. The Labute approximate surface area is 81.9 Å². The average molecular weight is 182 g/mol. The molecule has 1 heteroatoms. The number of hydrogen-bond donors (Lipinski definition) is 0. The highest BCUT2D eigenvalue weighted by molar-refractivity contribution is 5.88. The molecular formula is C12H22O. The standard InChI is InChI=1S/C12H22O/c1-9(2)12(6-7-12)10(13)8-11(3,4)5/h9H,6-8H2,1-5H3. The Morgan fingerprint density at radius 2 is 1.77 bits per heavy atom. The molecule has 0 saturated heterocycles. The van der Waals surface area contributed by atoms with Crippen molar-refractivity contribution >= 4 is 5.78 Å². The maximum absolute atomic E-state index is 12.0. The first kappa shape index (κ1) is 10.7. The quantitative estimate of drug-likeness (QED) is 0.653. The van der Waals surface area contributed by atoms with Gasteiger partial charge in [0.1, 0.15) is 5.78 Å². The summed E-state index contributed by atoms with van der Waals surface area (Å²) >= 11 is 0. The second-order valence-electron chi connectivity index (χ2n) is 5.97. The van der Waals surface area contributed by atoms with Gasteiger partial charge in [-0.15, -0.1) is 0 Å². The molecule has 13 heavy (non-hydrogen) atoms. The highest BCUT2D eigenvalue weighted by Gasteiger charge is 2.51. The largest absolute Gasteiger partial charge is 0.299 e. The van der Waals surface area contributed by atoms with Crippen LogP contribution in [0, 0.1) is 16.7 Å². The van der Waals surface area contributed by atoms with Crippen molar-refractivity contribution in [2.24, 2.45) is 16.7 Å². The Morgan fingerprint density at radius 3 is 2.00 bits per heavy atom. The van der Waals surface area contributed by atoms with E-state index in [1.807, 2.05) is 0 Å². The molecule has 0 aromatic carbocycles. The summed E-state index contributed by atoms with van der Waals surface area (Å²) in [6, 6.07) is 0. The van der Waals surface area contributed by atoms with Gasteiger partial charge in [0.25, 0.3) is 0 Å². The van der Waals surface area contributed by atoms with Crippen LogP contribution >= 0.6 is 0 Å². The zero-order chi connectivity index (χ0) is 10.3. The summed E-state index contributed by atoms with van der Waals surface area (Å²) in [6.07, 6.45) is 2.99. The van der Waals surface area contributed by atoms with E-state index in [1.54, 1.807) is 0 Å². The van der Waals surface area contributed by atoms with Crippen LogP contribution in [0.1, 0.15) is 53.9 Å². The molecule has 0 amide bonds. The van der Waals surface area contributed by atoms with Crippen molar-refractivity contribution in [1.29, 1.82) is 0 Å². The molecule has 0 aromatic rings. The van der Waals surface area contributed by atoms with Crippen LogP contribution < -0.4 is 0 Å². The fraction of sp³-hybridized carbons (Fsp3) is 0.917. The van der Waals surface area contributed by atoms with E-state index in [1.165, 1.54) is 0 Å². The number of hydrogen-bond acceptors (Lipinski definition) is 1. The van der Waals surface area contributed by atoms with Gasteiger partial charge in [0.05, 0.1) is 0 Å². The Morgan fingerprint density at radius 1 is 1.31 bits per heavy atom. The van der Waals surface area contributed by atoms with Crippen molar-refractivity contribution < 1.29 is 4.79 Å². The SMILES string of the molecule is CC(C)C1(C(=O)CC(C)(C)C)CC1. The van der Waals surface area contributed by atoms with Gasteiger partial charge in [-0.2, -0.15) is 0 Å². The first-order valence-electron chi connectivity index (χ1n) is 5.31. The lowest BCUT2D eigenvalue weighted by Gasteiger charge is -2.24. The van der Waals surface area contributed by atoms with E-state index >= 15 is 0 Å². The molecule has 1 fully saturated rings. The van der Waals surface area contributed by atoms with E-state index in [-0.39, 0.29) is 10.8 Å². The highest BCUT2D eigenvalue weighted by atomic mass is 16.1. The van der Waals surface area contributed by atoms with Crippen LogP contribution in [0.2, 0.25) is 0 Å². The van der Waals surface area contributed by atoms with E-state index < -0.39 is 0 Å². The molecule has 0 spiro atoms. The minimum absolute atomic E-state index is 0.0767. The van der Waals surface area contributed by atoms with Crippen molar-refractivity contribution in [1.82, 2.24) is 0 Å². The lowest BCUT2D eigenvalue weighted by atomic mass is 9.79. The van der Waals surface area contributed by atoms with Crippen molar-refractivity contribution in [2.75, 3.05) is 0 Å². The molecule has 0 N–H and O–H groups in total. The van der Waals surface area contributed by atoms with Gasteiger partial charge in [0.2, 0.25) is 0 Å². The lowest BCUT2D eigenvalue weighted by Crippen LogP contribution is -2.26. The number of ketones is 1. The van der Waals surface area contributed by atoms with Crippen LogP contribution in [0.4, 0.5) is 0 Å². The second-order valence-corrected chi connectivity index (χ2v) is 5.97. The fourth-order valence-corrected chi connectivity index (χ4v) is 1.97. The molecule has 1 nitrogen and oxygen atoms in total. The molecule has 0 bridgehead atoms. The van der Waals surface area contributed by atoms with Gasteiger partial charge in [-0.1, -0.05) is 34.6 Å². The minimum Gasteiger partial charge on any atom is -0.299 e. The molecule has 0 aromatic heterocycles. The third-order valence-corrected chi connectivity index (χ3v) is 3.14. The van der Waals surface area contributed by atoms with Crippen molar-refractivity contribution in [3.05, 3.63) is 0 Å². The molecule has 1 saturated carbocycles. The summed E-state index contributed by atoms with van der Waals surface area (Å²) < 4.78 is 0. The number of Topliss-reactive ketones (excluding diaryl/α,β-unsaturated/α-hetero) is 1. The number of carbonyl (C=O) groups excluding carboxylic acids is 1. The predicted molar refractivity (Wildman–Crippen MR) is 55.6 cm³/mol. The van der Waals surface area contributed by atoms with Crippen LogP contribution in [-0.2, 0) is 4.79 Å². The van der Waals surface area contributed by atoms with Crippen LogP contribution in [0.3, 0.4) is 0 Å². The molecule has 1 rings (SSSR count). The third-order valence-electron chi connectivity index (χ3n) is 3.14. The van der Waals surface area contributed by atoms with Gasteiger partial charge in [-0.25, -0.2) is 0 Å². The summed E-state index contributed by atoms with van der Waals surface area (Å²) in [5.74, 6) is 1.03. The Balaban J connectivity index is 2.59. The summed E-state index contributed by atoms with van der Waals surface area (Å²) in [6.45, 7) is 10.8. The second kappa shape index (κ2) is 3.11. The Kier molecular flexibility index (Phi) is 2.57. The molecule has 0 aliphatic heterocycles. The molecule has 1 aliphatic rings. The zero-order valence-corrected chi connectivity index (χ0v) is 9.61. The average Bonchev–Trinajstić information content (AvgIpc) is 2.59. The smallest absolute Gasteiger partial charge is 0.139 e. The molecule has 0 atom stereocenters. The first-order chi connectivity index (χ1) is 5.78. The lowest BCUT2D eigenvalue weighted by molar-refractivity contribution is -0.127. The number of rotatable bonds is 3. The Bertz CT molecular complexity index is 204. The summed E-state index contributed by atoms with van der Waals surface area (Å²) in [4.78, 5) is 12.0. The topological polar surface area (TPSA) is 17.1 Å². The molecule has 76 valence electrons. The van der Waals surface area contributed by atoms with Crippen LogP contribution in [0.5, 0.6) is 0 Å². The molecular weight excluding hydrogens is 160 g/mol. The molecule has 0 heterocycles. The van der Waals surface area contributed by atoms with Crippen LogP contribution in [0.25, 0.3) is 0 Å². The van der Waals surface area contributed by atoms with E-state index in [0.717, 1.165) is 19.3 Å². The van der Waals surface area contributed by atoms with Crippen molar-refractivity contribution in [3.8, 4) is 0 Å². The highest BCUT2D eigenvalue weighted by Crippen LogP contribution is 2.54. The zero-order valence-electron chi connectivity index (χ0n) is 9.61. The Hall–Kier alpha value is -0.330. The van der Waals surface area contributed by atoms with Gasteiger partial charge >= 0.3 is 0 Å². The van der Waals surface area contributed by atoms with Crippen molar-refractivity contribution in [2.45, 2.75) is 53.9 Å². The van der Waals surface area contributed by atoms with Crippen LogP contribution in [0.15, 0.2) is 0 Å². The van der Waals surface area contributed by atoms with Gasteiger partial charge in [-0.3, -0.25) is 4.79 Å². The summed E-state index contributed by atoms with van der Waals surface area (Å²) in [5, 5.41) is 0. The number of carbonyl (C=O) groups is 1. The van der Waals surface area contributed by atoms with Crippen molar-refractivity contribution in [3.63, 3.8) is 0 Å². The predicted octanol–water partition coefficient (Wildman–Crippen LogP) is 3.43. The van der Waals surface area contributed by atoms with Gasteiger partial charge < -0.3 is 0 Å². The maximum atomic E-state index is 12.0. The minimum atomic E-state index is 0.0767. The first-order valence-corrected chi connectivity index (χ1v) is 5.31. The normalized spacial score (nSPS) is 20.5. The van der Waals surface area contributed by atoms with Gasteiger partial charge in [0, 0.05) is 11.8 Å². The maximum Gasteiger partial charge on any atom is 0.139 e. The fourth-order valence-electron chi connectivity index (χ4n) is 1.97. The van der Waals surface area contributed by atoms with E-state index in [4.69, 9.17) is 0 Å². The summed E-state index contributed by atoms with van der Waals surface area (Å²) in [5.41, 5.74) is 0.231. The van der Waals surface area contributed by atoms with Gasteiger partial charge in [-0.05, 0) is 24.2 Å². The van der Waals surface area contributed by atoms with E-state index in [9.17, 15) is 4.79 Å². The van der Waals surface area contributed by atoms with E-state index in [0.29, 0.717) is 11.7 Å². The van der Waals surface area contributed by atoms with Crippen LogP contribution in [-0.4, -0.2) is 5.78 Å². The molecule has 1 aliphatic carbocycles. The monoisotopic (exact) mass is 182 g/mol. The summed E-state index contributed by atoms with van der Waals surface area (Å²) in [7, 11) is 0. The molecule has 0 radical (unpaired) electrons. The molecule has 0 unspecified atom stereocenters. The van der Waals surface area contributed by atoms with E-state index in [2.05, 4.69) is 34.6 Å².